The van der Waals surface area contributed by atoms with Crippen LogP contribution in [0, 0.1) is 11.3 Å². The van der Waals surface area contributed by atoms with Crippen molar-refractivity contribution in [3.05, 3.63) is 16.0 Å². The van der Waals surface area contributed by atoms with Gasteiger partial charge in [-0.1, -0.05) is 12.8 Å². The molecule has 0 spiro atoms. The molecule has 1 aromatic rings. The first kappa shape index (κ1) is 17.4. The van der Waals surface area contributed by atoms with Crippen molar-refractivity contribution in [2.24, 2.45) is 0 Å². The molecule has 2 aliphatic rings. The Morgan fingerprint density at radius 2 is 2.12 bits per heavy atom. The van der Waals surface area contributed by atoms with E-state index in [0.717, 1.165) is 50.5 Å². The van der Waals surface area contributed by atoms with E-state index >= 15 is 0 Å². The molecule has 3 rings (SSSR count). The first-order valence-corrected chi connectivity index (χ1v) is 9.58. The fourth-order valence-electron chi connectivity index (χ4n) is 3.86. The molecule has 0 atom stereocenters. The number of amides is 1. The highest BCUT2D eigenvalue weighted by Crippen LogP contribution is 2.38. The second-order valence-electron chi connectivity index (χ2n) is 7.14. The molecule has 1 saturated carbocycles. The number of nitrogens with one attached hydrogen (secondary N) is 1. The summed E-state index contributed by atoms with van der Waals surface area (Å²) in [7, 11) is 1.95. The third-order valence-electron chi connectivity index (χ3n) is 5.11. The maximum absolute atomic E-state index is 12.2. The number of hydrogen-bond donors (Lipinski definition) is 2. The second-order valence-corrected chi connectivity index (χ2v) is 8.25. The second kappa shape index (κ2) is 7.22. The maximum Gasteiger partial charge on any atom is 0.226 e. The van der Waals surface area contributed by atoms with Crippen molar-refractivity contribution in [3.8, 4) is 6.07 Å². The lowest BCUT2D eigenvalue weighted by Crippen LogP contribution is -2.40. The number of nitriles is 1. The largest absolute Gasteiger partial charge is 0.389 e. The number of aliphatic hydroxyl groups is 1. The van der Waals surface area contributed by atoms with Gasteiger partial charge in [0.1, 0.15) is 11.1 Å². The zero-order valence-corrected chi connectivity index (χ0v) is 15.0. The van der Waals surface area contributed by atoms with Gasteiger partial charge >= 0.3 is 0 Å². The smallest absolute Gasteiger partial charge is 0.226 e. The molecular formula is C18H25N3O2S. The molecule has 2 N–H and O–H groups in total. The molecule has 5 nitrogen and oxygen atoms in total. The van der Waals surface area contributed by atoms with Crippen LogP contribution in [0.15, 0.2) is 0 Å². The minimum atomic E-state index is -0.576. The molecule has 24 heavy (non-hydrogen) atoms. The molecular weight excluding hydrogens is 322 g/mol. The van der Waals surface area contributed by atoms with Gasteiger partial charge in [-0.25, -0.2) is 0 Å². The van der Waals surface area contributed by atoms with Crippen LogP contribution in [0.5, 0.6) is 0 Å². The number of thiophene rings is 1. The van der Waals surface area contributed by atoms with Crippen molar-refractivity contribution in [2.75, 3.05) is 25.5 Å². The molecule has 0 aromatic carbocycles. The van der Waals surface area contributed by atoms with E-state index < -0.39 is 5.60 Å². The van der Waals surface area contributed by atoms with Crippen LogP contribution in [0.25, 0.3) is 0 Å². The number of nitrogens with zero attached hydrogens (tertiary/aromatic N) is 2. The molecule has 6 heteroatoms. The number of rotatable bonds is 6. The molecule has 1 amide bonds. The molecule has 130 valence electrons. The lowest BCUT2D eigenvalue weighted by molar-refractivity contribution is -0.116. The molecule has 0 bridgehead atoms. The van der Waals surface area contributed by atoms with Gasteiger partial charge in [-0.2, -0.15) is 5.26 Å². The summed E-state index contributed by atoms with van der Waals surface area (Å²) in [5.41, 5.74) is 1.22. The summed E-state index contributed by atoms with van der Waals surface area (Å²) in [4.78, 5) is 15.5. The zero-order valence-electron chi connectivity index (χ0n) is 14.2. The Morgan fingerprint density at radius 1 is 1.38 bits per heavy atom. The topological polar surface area (TPSA) is 76.4 Å². The molecule has 0 saturated heterocycles. The third kappa shape index (κ3) is 3.80. The molecule has 2 aliphatic carbocycles. The summed E-state index contributed by atoms with van der Waals surface area (Å²) in [6, 6.07) is 2.25. The van der Waals surface area contributed by atoms with Crippen LogP contribution < -0.4 is 5.32 Å². The number of likely N-dealkylation sites (N-methyl/N-ethyl adjacent to an activating group) is 1. The summed E-state index contributed by atoms with van der Waals surface area (Å²) >= 11 is 1.55. The van der Waals surface area contributed by atoms with E-state index in [-0.39, 0.29) is 5.91 Å². The monoisotopic (exact) mass is 347 g/mol. The standard InChI is InChI=1S/C18H25N3O2S/c1-21(12-18(23)8-2-3-9-18)10-7-16(22)20-17-14(11-19)13-5-4-6-15(13)24-17/h23H,2-10,12H2,1H3,(H,20,22). The van der Waals surface area contributed by atoms with Crippen LogP contribution in [-0.2, 0) is 17.6 Å². The van der Waals surface area contributed by atoms with Gasteiger partial charge in [0, 0.05) is 24.4 Å². The minimum absolute atomic E-state index is 0.0586. The van der Waals surface area contributed by atoms with Crippen LogP contribution in [0.4, 0.5) is 5.00 Å². The number of anilines is 1. The molecule has 0 aliphatic heterocycles. The van der Waals surface area contributed by atoms with E-state index in [4.69, 9.17) is 0 Å². The molecule has 0 radical (unpaired) electrons. The summed E-state index contributed by atoms with van der Waals surface area (Å²) < 4.78 is 0. The Bertz CT molecular complexity index is 656. The predicted molar refractivity (Wildman–Crippen MR) is 95.2 cm³/mol. The van der Waals surface area contributed by atoms with Gasteiger partial charge in [-0.15, -0.1) is 11.3 Å². The van der Waals surface area contributed by atoms with Crippen LogP contribution in [-0.4, -0.2) is 41.7 Å². The Labute approximate surface area is 147 Å². The van der Waals surface area contributed by atoms with Crippen molar-refractivity contribution < 1.29 is 9.90 Å². The Balaban J connectivity index is 1.50. The quantitative estimate of drug-likeness (QED) is 0.829. The predicted octanol–water partition coefficient (Wildman–Crippen LogP) is 2.67. The highest BCUT2D eigenvalue weighted by molar-refractivity contribution is 7.16. The van der Waals surface area contributed by atoms with Crippen molar-refractivity contribution in [3.63, 3.8) is 0 Å². The van der Waals surface area contributed by atoms with E-state index in [2.05, 4.69) is 11.4 Å². The number of aryl methyl sites for hydroxylation is 1. The van der Waals surface area contributed by atoms with Gasteiger partial charge in [-0.05, 0) is 44.7 Å². The van der Waals surface area contributed by atoms with E-state index in [0.29, 0.717) is 30.1 Å². The van der Waals surface area contributed by atoms with Crippen molar-refractivity contribution in [1.29, 1.82) is 5.26 Å². The summed E-state index contributed by atoms with van der Waals surface area (Å²) in [6.07, 6.45) is 7.34. The summed E-state index contributed by atoms with van der Waals surface area (Å²) in [5.74, 6) is -0.0586. The van der Waals surface area contributed by atoms with Gasteiger partial charge in [0.15, 0.2) is 0 Å². The number of fused-ring (bicyclic) bond motifs is 1. The van der Waals surface area contributed by atoms with Crippen molar-refractivity contribution in [1.82, 2.24) is 4.90 Å². The van der Waals surface area contributed by atoms with Crippen molar-refractivity contribution >= 4 is 22.2 Å². The highest BCUT2D eigenvalue weighted by atomic mass is 32.1. The van der Waals surface area contributed by atoms with Gasteiger partial charge in [-0.3, -0.25) is 4.79 Å². The molecule has 1 fully saturated rings. The van der Waals surface area contributed by atoms with Crippen LogP contribution in [0.3, 0.4) is 0 Å². The van der Waals surface area contributed by atoms with E-state index in [1.54, 1.807) is 11.3 Å². The van der Waals surface area contributed by atoms with Crippen LogP contribution in [0.1, 0.15) is 54.5 Å². The molecule has 0 unspecified atom stereocenters. The van der Waals surface area contributed by atoms with Gasteiger partial charge in [0.05, 0.1) is 11.2 Å². The van der Waals surface area contributed by atoms with Gasteiger partial charge in [0.25, 0.3) is 0 Å². The third-order valence-corrected chi connectivity index (χ3v) is 6.31. The van der Waals surface area contributed by atoms with Crippen LogP contribution in [0.2, 0.25) is 0 Å². The van der Waals surface area contributed by atoms with E-state index in [9.17, 15) is 15.2 Å². The lowest BCUT2D eigenvalue weighted by atomic mass is 10.0. The van der Waals surface area contributed by atoms with Crippen molar-refractivity contribution in [2.45, 2.75) is 57.0 Å². The Kier molecular flexibility index (Phi) is 5.24. The van der Waals surface area contributed by atoms with Crippen LogP contribution >= 0.6 is 11.3 Å². The Hall–Kier alpha value is -1.42. The normalized spacial score (nSPS) is 18.6. The van der Waals surface area contributed by atoms with Gasteiger partial charge in [0.2, 0.25) is 5.91 Å². The lowest BCUT2D eigenvalue weighted by Gasteiger charge is -2.28. The van der Waals surface area contributed by atoms with E-state index in [1.165, 1.54) is 4.88 Å². The zero-order chi connectivity index (χ0) is 17.2. The molecule has 1 heterocycles. The number of carbonyl (C=O) groups excluding carboxylic acids is 1. The minimum Gasteiger partial charge on any atom is -0.389 e. The average Bonchev–Trinajstić information content (AvgIpc) is 3.21. The summed E-state index contributed by atoms with van der Waals surface area (Å²) in [6.45, 7) is 1.23. The summed E-state index contributed by atoms with van der Waals surface area (Å²) in [5, 5.41) is 23.4. The SMILES string of the molecule is CN(CCC(=O)Nc1sc2c(c1C#N)CCC2)CC1(O)CCCC1. The number of carbonyl (C=O) groups is 1. The first-order valence-electron chi connectivity index (χ1n) is 8.76. The van der Waals surface area contributed by atoms with Gasteiger partial charge < -0.3 is 15.3 Å². The first-order chi connectivity index (χ1) is 11.5. The number of hydrogen-bond acceptors (Lipinski definition) is 5. The van der Waals surface area contributed by atoms with E-state index in [1.807, 2.05) is 11.9 Å². The average molecular weight is 347 g/mol. The fourth-order valence-corrected chi connectivity index (χ4v) is 5.12. The fraction of sp³-hybridized carbons (Fsp3) is 0.667. The molecule has 1 aromatic heterocycles. The maximum atomic E-state index is 12.2. The highest BCUT2D eigenvalue weighted by Gasteiger charge is 2.32. The Morgan fingerprint density at radius 3 is 2.83 bits per heavy atom.